The van der Waals surface area contributed by atoms with Crippen molar-refractivity contribution in [2.75, 3.05) is 7.11 Å². The Bertz CT molecular complexity index is 430. The first-order chi connectivity index (χ1) is 8.40. The van der Waals surface area contributed by atoms with E-state index in [0.717, 1.165) is 12.0 Å². The maximum atomic E-state index is 13.0. The van der Waals surface area contributed by atoms with Gasteiger partial charge >= 0.3 is 11.9 Å². The van der Waals surface area contributed by atoms with E-state index in [9.17, 15) is 13.6 Å². The Balaban J connectivity index is 2.86. The molecule has 0 aliphatic carbocycles. The molecule has 0 radical (unpaired) electrons. The van der Waals surface area contributed by atoms with Crippen LogP contribution in [-0.2, 0) is 17.6 Å². The summed E-state index contributed by atoms with van der Waals surface area (Å²) < 4.78 is 31.1. The van der Waals surface area contributed by atoms with Crippen LogP contribution in [0.25, 0.3) is 0 Å². The first-order valence-corrected chi connectivity index (χ1v) is 5.67. The monoisotopic (exact) mass is 258 g/mol. The minimum absolute atomic E-state index is 0.0314. The average Bonchev–Trinajstić information content (AvgIpc) is 2.35. The van der Waals surface area contributed by atoms with Gasteiger partial charge in [-0.25, -0.2) is 4.79 Å². The van der Waals surface area contributed by atoms with E-state index >= 15 is 0 Å². The molecule has 0 amide bonds. The third-order valence-corrected chi connectivity index (χ3v) is 2.77. The van der Waals surface area contributed by atoms with Crippen molar-refractivity contribution in [3.63, 3.8) is 0 Å². The number of ether oxygens (including phenoxy) is 1. The van der Waals surface area contributed by atoms with Gasteiger partial charge in [0.25, 0.3) is 0 Å². The maximum Gasteiger partial charge on any atom is 0.374 e. The van der Waals surface area contributed by atoms with Gasteiger partial charge in [-0.15, -0.1) is 0 Å². The Labute approximate surface area is 104 Å². The van der Waals surface area contributed by atoms with Crippen LogP contribution in [0.5, 0.6) is 5.75 Å². The molecule has 5 heteroatoms. The Morgan fingerprint density at radius 3 is 2.61 bits per heavy atom. The van der Waals surface area contributed by atoms with Crippen LogP contribution < -0.4 is 4.74 Å². The fourth-order valence-corrected chi connectivity index (χ4v) is 1.65. The number of methoxy groups -OCH3 is 1. The number of benzene rings is 1. The molecule has 0 aliphatic rings. The highest BCUT2D eigenvalue weighted by Gasteiger charge is 2.38. The fourth-order valence-electron chi connectivity index (χ4n) is 1.65. The summed E-state index contributed by atoms with van der Waals surface area (Å²) in [5, 5.41) is 8.37. The van der Waals surface area contributed by atoms with E-state index < -0.39 is 18.3 Å². The molecule has 0 saturated carbocycles. The van der Waals surface area contributed by atoms with Crippen LogP contribution in [0.4, 0.5) is 8.78 Å². The largest absolute Gasteiger partial charge is 0.496 e. The fraction of sp³-hybridized carbons (Fsp3) is 0.462. The predicted molar refractivity (Wildman–Crippen MR) is 63.3 cm³/mol. The minimum atomic E-state index is -3.70. The van der Waals surface area contributed by atoms with E-state index in [0.29, 0.717) is 11.3 Å². The Hall–Kier alpha value is -1.65. The molecule has 0 heterocycles. The zero-order valence-electron chi connectivity index (χ0n) is 10.4. The van der Waals surface area contributed by atoms with E-state index in [-0.39, 0.29) is 6.42 Å². The molecule has 0 spiro atoms. The van der Waals surface area contributed by atoms with Crippen LogP contribution in [0.15, 0.2) is 18.2 Å². The predicted octanol–water partition coefficient (Wildman–Crippen LogP) is 2.91. The van der Waals surface area contributed by atoms with Crippen molar-refractivity contribution in [1.82, 2.24) is 0 Å². The van der Waals surface area contributed by atoms with Crippen LogP contribution in [0.2, 0.25) is 0 Å². The number of rotatable bonds is 6. The number of carboxylic acid groups (broad SMARTS) is 1. The van der Waals surface area contributed by atoms with Crippen LogP contribution in [0.3, 0.4) is 0 Å². The van der Waals surface area contributed by atoms with E-state index in [1.54, 1.807) is 12.1 Å². The molecule has 1 aromatic carbocycles. The zero-order chi connectivity index (χ0) is 13.8. The van der Waals surface area contributed by atoms with Gasteiger partial charge in [-0.2, -0.15) is 8.78 Å². The van der Waals surface area contributed by atoms with E-state index in [1.165, 1.54) is 7.11 Å². The number of hydrogen-bond donors (Lipinski definition) is 1. The Morgan fingerprint density at radius 1 is 1.44 bits per heavy atom. The standard InChI is InChI=1S/C13H16F2O3/c1-3-9-4-5-11(18-2)10(8-9)6-7-13(14,15)12(16)17/h4-5,8H,3,6-7H2,1-2H3,(H,16,17). The summed E-state index contributed by atoms with van der Waals surface area (Å²) in [6.45, 7) is 1.96. The van der Waals surface area contributed by atoms with Gasteiger partial charge in [0.05, 0.1) is 7.11 Å². The van der Waals surface area contributed by atoms with Gasteiger partial charge in [-0.3, -0.25) is 0 Å². The SMILES string of the molecule is CCc1ccc(OC)c(CCC(F)(F)C(=O)O)c1. The summed E-state index contributed by atoms with van der Waals surface area (Å²) in [7, 11) is 1.46. The molecule has 0 saturated heterocycles. The molecule has 18 heavy (non-hydrogen) atoms. The molecule has 0 unspecified atom stereocenters. The highest BCUT2D eigenvalue weighted by Crippen LogP contribution is 2.26. The van der Waals surface area contributed by atoms with E-state index in [2.05, 4.69) is 0 Å². The molecule has 0 aromatic heterocycles. The Kier molecular flexibility index (Phi) is 4.64. The molecule has 0 atom stereocenters. The highest BCUT2D eigenvalue weighted by molar-refractivity contribution is 5.75. The lowest BCUT2D eigenvalue weighted by Gasteiger charge is -2.13. The van der Waals surface area contributed by atoms with Crippen molar-refractivity contribution in [3.05, 3.63) is 29.3 Å². The summed E-state index contributed by atoms with van der Waals surface area (Å²) in [6.07, 6.45) is 0.0223. The number of halogens is 2. The molecule has 1 rings (SSSR count). The number of aryl methyl sites for hydroxylation is 2. The second-order valence-corrected chi connectivity index (χ2v) is 4.01. The number of carboxylic acids is 1. The summed E-state index contributed by atoms with van der Waals surface area (Å²) in [5.74, 6) is -5.28. The maximum absolute atomic E-state index is 13.0. The zero-order valence-corrected chi connectivity index (χ0v) is 10.4. The van der Waals surface area contributed by atoms with Crippen molar-refractivity contribution in [2.24, 2.45) is 0 Å². The first-order valence-electron chi connectivity index (χ1n) is 5.67. The third kappa shape index (κ3) is 3.42. The Morgan fingerprint density at radius 2 is 2.11 bits per heavy atom. The molecule has 0 aliphatic heterocycles. The number of carbonyl (C=O) groups is 1. The topological polar surface area (TPSA) is 46.5 Å². The van der Waals surface area contributed by atoms with Gasteiger partial charge in [-0.05, 0) is 30.0 Å². The van der Waals surface area contributed by atoms with Gasteiger partial charge in [0.15, 0.2) is 0 Å². The molecule has 0 bridgehead atoms. The summed E-state index contributed by atoms with van der Waals surface area (Å²) in [5.41, 5.74) is 1.61. The molecule has 100 valence electrons. The number of alkyl halides is 2. The normalized spacial score (nSPS) is 11.3. The summed E-state index contributed by atoms with van der Waals surface area (Å²) in [4.78, 5) is 10.3. The van der Waals surface area contributed by atoms with Gasteiger partial charge in [-0.1, -0.05) is 19.1 Å². The average molecular weight is 258 g/mol. The summed E-state index contributed by atoms with van der Waals surface area (Å²) in [6, 6.07) is 5.35. The van der Waals surface area contributed by atoms with Crippen LogP contribution >= 0.6 is 0 Å². The quantitative estimate of drug-likeness (QED) is 0.853. The van der Waals surface area contributed by atoms with Gasteiger partial charge in [0.1, 0.15) is 5.75 Å². The van der Waals surface area contributed by atoms with E-state index in [4.69, 9.17) is 9.84 Å². The van der Waals surface area contributed by atoms with E-state index in [1.807, 2.05) is 13.0 Å². The molecular weight excluding hydrogens is 242 g/mol. The minimum Gasteiger partial charge on any atom is -0.496 e. The first kappa shape index (κ1) is 14.4. The molecule has 3 nitrogen and oxygen atoms in total. The summed E-state index contributed by atoms with van der Waals surface area (Å²) >= 11 is 0. The van der Waals surface area contributed by atoms with Gasteiger partial charge in [0.2, 0.25) is 0 Å². The van der Waals surface area contributed by atoms with Crippen molar-refractivity contribution in [3.8, 4) is 5.75 Å². The number of hydrogen-bond acceptors (Lipinski definition) is 2. The van der Waals surface area contributed by atoms with Gasteiger partial charge < -0.3 is 9.84 Å². The van der Waals surface area contributed by atoms with Crippen LogP contribution in [-0.4, -0.2) is 24.1 Å². The highest BCUT2D eigenvalue weighted by atomic mass is 19.3. The third-order valence-electron chi connectivity index (χ3n) is 2.77. The smallest absolute Gasteiger partial charge is 0.374 e. The van der Waals surface area contributed by atoms with Crippen LogP contribution in [0.1, 0.15) is 24.5 Å². The lowest BCUT2D eigenvalue weighted by molar-refractivity contribution is -0.165. The van der Waals surface area contributed by atoms with Crippen molar-refractivity contribution in [2.45, 2.75) is 32.1 Å². The van der Waals surface area contributed by atoms with Crippen molar-refractivity contribution < 1.29 is 23.4 Å². The lowest BCUT2D eigenvalue weighted by Crippen LogP contribution is -2.28. The van der Waals surface area contributed by atoms with Crippen molar-refractivity contribution in [1.29, 1.82) is 0 Å². The second-order valence-electron chi connectivity index (χ2n) is 4.01. The molecule has 0 fully saturated rings. The van der Waals surface area contributed by atoms with Crippen LogP contribution in [0, 0.1) is 0 Å². The molecular formula is C13H16F2O3. The van der Waals surface area contributed by atoms with Gasteiger partial charge in [0, 0.05) is 6.42 Å². The molecule has 1 N–H and O–H groups in total. The lowest BCUT2D eigenvalue weighted by atomic mass is 10.0. The second kappa shape index (κ2) is 5.80. The number of aliphatic carboxylic acids is 1. The molecule has 1 aromatic rings. The van der Waals surface area contributed by atoms with Crippen molar-refractivity contribution >= 4 is 5.97 Å².